The van der Waals surface area contributed by atoms with Crippen LogP contribution in [0.2, 0.25) is 0 Å². The third-order valence-electron chi connectivity index (χ3n) is 8.13. The maximum atomic E-state index is 14.9. The van der Waals surface area contributed by atoms with Gasteiger partial charge in [-0.2, -0.15) is 14.6 Å². The highest BCUT2D eigenvalue weighted by atomic mass is 19.1. The first kappa shape index (κ1) is 28.2. The summed E-state index contributed by atoms with van der Waals surface area (Å²) in [5, 5.41) is 10.5. The Hall–Kier alpha value is -4.60. The van der Waals surface area contributed by atoms with Crippen molar-refractivity contribution in [3.63, 3.8) is 0 Å². The zero-order valence-electron chi connectivity index (χ0n) is 23.9. The fourth-order valence-electron chi connectivity index (χ4n) is 5.74. The van der Waals surface area contributed by atoms with Crippen LogP contribution in [0.4, 0.5) is 20.4 Å². The summed E-state index contributed by atoms with van der Waals surface area (Å²) < 4.78 is 43.8. The first-order chi connectivity index (χ1) is 21.4. The Morgan fingerprint density at radius 1 is 1.14 bits per heavy atom. The minimum Gasteiger partial charge on any atom is -0.463 e. The lowest BCUT2D eigenvalue weighted by molar-refractivity contribution is 0.0734. The second-order valence-corrected chi connectivity index (χ2v) is 10.9. The molecular weight excluding hydrogens is 574 g/mol. The first-order valence-electron chi connectivity index (χ1n) is 14.5. The van der Waals surface area contributed by atoms with E-state index < -0.39 is 17.5 Å². The molecule has 1 aromatic carbocycles. The Morgan fingerprint density at radius 3 is 2.77 bits per heavy atom. The molecule has 0 aliphatic carbocycles. The lowest BCUT2D eigenvalue weighted by Gasteiger charge is -2.36. The van der Waals surface area contributed by atoms with E-state index in [4.69, 9.17) is 14.9 Å². The highest BCUT2D eigenvalue weighted by Gasteiger charge is 2.24. The van der Waals surface area contributed by atoms with E-state index in [1.54, 1.807) is 23.2 Å². The average molecular weight is 607 g/mol. The molecule has 1 unspecified atom stereocenters. The Kier molecular flexibility index (Phi) is 7.57. The molecule has 2 aliphatic heterocycles. The summed E-state index contributed by atoms with van der Waals surface area (Å²) in [5.41, 5.74) is 9.00. The number of hydrogen-bond donors (Lipinski definition) is 3. The van der Waals surface area contributed by atoms with Gasteiger partial charge in [-0.3, -0.25) is 9.69 Å². The van der Waals surface area contributed by atoms with Gasteiger partial charge in [-0.05, 0) is 24.3 Å². The zero-order valence-corrected chi connectivity index (χ0v) is 23.9. The quantitative estimate of drug-likeness (QED) is 0.239. The number of fused-ring (bicyclic) bond motifs is 3. The number of ether oxygens (including phenoxy) is 1. The van der Waals surface area contributed by atoms with Crippen LogP contribution in [0, 0.1) is 11.6 Å². The zero-order chi connectivity index (χ0) is 30.2. The standard InChI is InChI=1S/C29H32F2N10O3/c30-20-13-21(31)23(12-19(20)28(42)34-15-18-16-43-11-3-33-18)39-7-4-38(5-8-39)6-9-40-17-35-26-24-14-22(25-2-1-10-44-25)37-41(24)29(32)36-27(26)40/h1-2,10,12-14,17-18,33H,3-9,11,15-16H2,(H2,32,36)(H,34,42). The number of anilines is 2. The van der Waals surface area contributed by atoms with Crippen LogP contribution in [0.1, 0.15) is 10.4 Å². The monoisotopic (exact) mass is 606 g/mol. The van der Waals surface area contributed by atoms with E-state index in [2.05, 4.69) is 30.6 Å². The molecule has 44 heavy (non-hydrogen) atoms. The van der Waals surface area contributed by atoms with Crippen LogP contribution in [0.3, 0.4) is 0 Å². The van der Waals surface area contributed by atoms with Crippen molar-refractivity contribution in [3.8, 4) is 11.5 Å². The summed E-state index contributed by atoms with van der Waals surface area (Å²) in [6, 6.07) is 7.55. The molecule has 4 aromatic heterocycles. The minimum atomic E-state index is -0.887. The van der Waals surface area contributed by atoms with E-state index >= 15 is 0 Å². The number of amides is 1. The van der Waals surface area contributed by atoms with Gasteiger partial charge in [0.25, 0.3) is 5.91 Å². The molecule has 2 fully saturated rings. The van der Waals surface area contributed by atoms with E-state index in [9.17, 15) is 13.6 Å². The van der Waals surface area contributed by atoms with Gasteiger partial charge in [0.15, 0.2) is 11.4 Å². The van der Waals surface area contributed by atoms with Crippen molar-refractivity contribution in [1.29, 1.82) is 0 Å². The summed E-state index contributed by atoms with van der Waals surface area (Å²) in [6.45, 7) is 5.75. The maximum absolute atomic E-state index is 14.9. The van der Waals surface area contributed by atoms with Crippen LogP contribution in [0.25, 0.3) is 28.1 Å². The van der Waals surface area contributed by atoms with Crippen molar-refractivity contribution >= 4 is 34.2 Å². The SMILES string of the molecule is Nc1nc2c(ncn2CCN2CCN(c3cc(C(=O)NCC4COCCN4)c(F)cc3F)CC2)c2cc(-c3ccco3)nn12. The van der Waals surface area contributed by atoms with Crippen LogP contribution in [0.15, 0.2) is 47.3 Å². The number of carbonyl (C=O) groups excluding carboxylic acids is 1. The molecule has 0 saturated carbocycles. The predicted molar refractivity (Wildman–Crippen MR) is 158 cm³/mol. The molecule has 0 radical (unpaired) electrons. The summed E-state index contributed by atoms with van der Waals surface area (Å²) >= 11 is 0. The van der Waals surface area contributed by atoms with Crippen LogP contribution in [-0.4, -0.2) is 100 Å². The van der Waals surface area contributed by atoms with Crippen LogP contribution in [0.5, 0.6) is 0 Å². The van der Waals surface area contributed by atoms with Crippen molar-refractivity contribution < 1.29 is 22.7 Å². The number of nitrogens with two attached hydrogens (primary N) is 1. The number of benzene rings is 1. The van der Waals surface area contributed by atoms with E-state index in [0.29, 0.717) is 81.6 Å². The molecule has 15 heteroatoms. The molecule has 1 atom stereocenters. The number of halogens is 2. The van der Waals surface area contributed by atoms with E-state index in [0.717, 1.165) is 11.6 Å². The fraction of sp³-hybridized carbons (Fsp3) is 0.379. The number of nitrogen functional groups attached to an aromatic ring is 1. The number of hydrogen-bond acceptors (Lipinski definition) is 10. The maximum Gasteiger partial charge on any atom is 0.254 e. The lowest BCUT2D eigenvalue weighted by Crippen LogP contribution is -2.48. The van der Waals surface area contributed by atoms with Crippen LogP contribution >= 0.6 is 0 Å². The van der Waals surface area contributed by atoms with Gasteiger partial charge < -0.3 is 35.0 Å². The number of piperazine rings is 1. The van der Waals surface area contributed by atoms with Gasteiger partial charge in [0.2, 0.25) is 5.95 Å². The first-order valence-corrected chi connectivity index (χ1v) is 14.5. The lowest BCUT2D eigenvalue weighted by atomic mass is 10.1. The summed E-state index contributed by atoms with van der Waals surface area (Å²) in [4.78, 5) is 26.0. The smallest absolute Gasteiger partial charge is 0.254 e. The molecule has 0 spiro atoms. The molecule has 6 heterocycles. The van der Waals surface area contributed by atoms with Gasteiger partial charge in [-0.25, -0.2) is 13.8 Å². The highest BCUT2D eigenvalue weighted by molar-refractivity contribution is 5.95. The average Bonchev–Trinajstić information content (AvgIpc) is 3.80. The second-order valence-electron chi connectivity index (χ2n) is 10.9. The third-order valence-corrected chi connectivity index (χ3v) is 8.13. The van der Waals surface area contributed by atoms with Crippen molar-refractivity contribution in [2.75, 3.05) is 69.7 Å². The molecule has 1 amide bonds. The van der Waals surface area contributed by atoms with Crippen molar-refractivity contribution in [2.45, 2.75) is 12.6 Å². The van der Waals surface area contributed by atoms with E-state index in [-0.39, 0.29) is 29.8 Å². The topological polar surface area (TPSA) is 144 Å². The molecular formula is C29H32F2N10O3. The molecule has 5 aromatic rings. The summed E-state index contributed by atoms with van der Waals surface area (Å²) in [6.07, 6.45) is 3.33. The number of furan rings is 1. The Labute approximate surface area is 250 Å². The molecule has 2 aliphatic rings. The molecule has 13 nitrogen and oxygen atoms in total. The van der Waals surface area contributed by atoms with Gasteiger partial charge >= 0.3 is 0 Å². The van der Waals surface area contributed by atoms with Crippen molar-refractivity contribution in [1.82, 2.24) is 39.7 Å². The van der Waals surface area contributed by atoms with Gasteiger partial charge in [0, 0.05) is 64.5 Å². The third kappa shape index (κ3) is 5.44. The van der Waals surface area contributed by atoms with Crippen LogP contribution < -0.4 is 21.3 Å². The molecule has 0 bridgehead atoms. The Balaban J connectivity index is 0.988. The molecule has 2 saturated heterocycles. The normalized spacial score (nSPS) is 18.0. The number of imidazole rings is 1. The van der Waals surface area contributed by atoms with E-state index in [1.807, 2.05) is 21.6 Å². The number of morpholine rings is 1. The van der Waals surface area contributed by atoms with Crippen molar-refractivity contribution in [3.05, 3.63) is 60.1 Å². The number of carbonyl (C=O) groups is 1. The number of aromatic nitrogens is 5. The molecule has 7 rings (SSSR count). The highest BCUT2D eigenvalue weighted by Crippen LogP contribution is 2.27. The van der Waals surface area contributed by atoms with Gasteiger partial charge in [-0.1, -0.05) is 0 Å². The number of nitrogens with one attached hydrogen (secondary N) is 2. The predicted octanol–water partition coefficient (Wildman–Crippen LogP) is 1.74. The van der Waals surface area contributed by atoms with Crippen molar-refractivity contribution in [2.24, 2.45) is 0 Å². The molecule has 230 valence electrons. The van der Waals surface area contributed by atoms with Gasteiger partial charge in [0.1, 0.15) is 28.4 Å². The minimum absolute atomic E-state index is 0.0515. The summed E-state index contributed by atoms with van der Waals surface area (Å²) in [7, 11) is 0. The van der Waals surface area contributed by atoms with Gasteiger partial charge in [0.05, 0.1) is 37.1 Å². The van der Waals surface area contributed by atoms with Crippen LogP contribution in [-0.2, 0) is 11.3 Å². The number of rotatable bonds is 8. The van der Waals surface area contributed by atoms with Gasteiger partial charge in [-0.15, -0.1) is 0 Å². The van der Waals surface area contributed by atoms with E-state index in [1.165, 1.54) is 6.07 Å². The summed E-state index contributed by atoms with van der Waals surface area (Å²) in [5.74, 6) is -1.29. The second kappa shape index (κ2) is 11.8. The molecule has 4 N–H and O–H groups in total. The Morgan fingerprint density at radius 2 is 2.00 bits per heavy atom. The fourth-order valence-corrected chi connectivity index (χ4v) is 5.74. The Bertz CT molecular complexity index is 1790. The number of nitrogens with zero attached hydrogens (tertiary/aromatic N) is 7. The largest absolute Gasteiger partial charge is 0.463 e.